The van der Waals surface area contributed by atoms with Gasteiger partial charge in [0.05, 0.1) is 20.6 Å². The first-order chi connectivity index (χ1) is 8.06. The van der Waals surface area contributed by atoms with Crippen molar-refractivity contribution in [2.75, 3.05) is 11.1 Å². The van der Waals surface area contributed by atoms with Crippen molar-refractivity contribution in [3.05, 3.63) is 45.1 Å². The Morgan fingerprint density at radius 2 is 2.12 bits per heavy atom. The second-order valence-electron chi connectivity index (χ2n) is 3.65. The summed E-state index contributed by atoms with van der Waals surface area (Å²) in [4.78, 5) is 12.4. The lowest BCUT2D eigenvalue weighted by molar-refractivity contribution is 0.103. The average molecular weight is 267 g/mol. The topological polar surface area (TPSA) is 55.1 Å². The molecule has 17 heavy (non-hydrogen) atoms. The smallest absolute Gasteiger partial charge is 0.265 e. The van der Waals surface area contributed by atoms with Gasteiger partial charge in [0.15, 0.2) is 0 Å². The molecule has 0 unspecified atom stereocenters. The summed E-state index contributed by atoms with van der Waals surface area (Å²) in [5.41, 5.74) is 8.00. The number of thiophene rings is 1. The van der Waals surface area contributed by atoms with E-state index in [1.165, 1.54) is 11.3 Å². The molecule has 1 amide bonds. The minimum atomic E-state index is -0.195. The third-order valence-electron chi connectivity index (χ3n) is 2.25. The number of amides is 1. The van der Waals surface area contributed by atoms with Gasteiger partial charge >= 0.3 is 0 Å². The summed E-state index contributed by atoms with van der Waals surface area (Å²) in [6.45, 7) is 1.94. The van der Waals surface area contributed by atoms with Crippen LogP contribution < -0.4 is 11.1 Å². The summed E-state index contributed by atoms with van der Waals surface area (Å²) in [6, 6.07) is 8.89. The van der Waals surface area contributed by atoms with E-state index < -0.39 is 0 Å². The molecule has 88 valence electrons. The van der Waals surface area contributed by atoms with Gasteiger partial charge in [-0.3, -0.25) is 4.79 Å². The van der Waals surface area contributed by atoms with Crippen LogP contribution in [-0.2, 0) is 0 Å². The summed E-state index contributed by atoms with van der Waals surface area (Å²) in [5, 5.41) is 2.77. The molecule has 0 fully saturated rings. The average Bonchev–Trinajstić information content (AvgIpc) is 2.70. The molecule has 0 aliphatic carbocycles. The molecule has 0 atom stereocenters. The first-order valence-corrected chi connectivity index (χ1v) is 6.18. The highest BCUT2D eigenvalue weighted by Gasteiger charge is 2.10. The lowest BCUT2D eigenvalue weighted by Crippen LogP contribution is -2.11. The van der Waals surface area contributed by atoms with Gasteiger partial charge in [-0.25, -0.2) is 0 Å². The number of halogens is 1. The highest BCUT2D eigenvalue weighted by molar-refractivity contribution is 7.18. The number of nitrogens with two attached hydrogens (primary N) is 1. The minimum absolute atomic E-state index is 0.195. The first-order valence-electron chi connectivity index (χ1n) is 4.99. The Morgan fingerprint density at radius 3 is 2.76 bits per heavy atom. The van der Waals surface area contributed by atoms with Crippen molar-refractivity contribution >= 4 is 40.2 Å². The normalized spacial score (nSPS) is 10.2. The van der Waals surface area contributed by atoms with Gasteiger partial charge in [0.1, 0.15) is 0 Å². The third-order valence-corrected chi connectivity index (χ3v) is 3.48. The molecule has 5 heteroatoms. The van der Waals surface area contributed by atoms with Crippen LogP contribution in [0.5, 0.6) is 0 Å². The van der Waals surface area contributed by atoms with E-state index in [0.717, 1.165) is 5.56 Å². The summed E-state index contributed by atoms with van der Waals surface area (Å²) >= 11 is 7.02. The second kappa shape index (κ2) is 4.77. The molecule has 1 heterocycles. The van der Waals surface area contributed by atoms with Crippen molar-refractivity contribution in [3.8, 4) is 0 Å². The molecular formula is C12H11ClN2OS. The second-order valence-corrected chi connectivity index (χ2v) is 5.36. The molecule has 3 nitrogen and oxygen atoms in total. The summed E-state index contributed by atoms with van der Waals surface area (Å²) in [7, 11) is 0. The molecule has 0 aliphatic heterocycles. The number of carbonyl (C=O) groups excluding carboxylic acids is 1. The molecule has 1 aromatic heterocycles. The Bertz CT molecular complexity index is 565. The molecule has 1 aromatic carbocycles. The highest BCUT2D eigenvalue weighted by Crippen LogP contribution is 2.24. The zero-order chi connectivity index (χ0) is 12.4. The molecule has 2 rings (SSSR count). The predicted octanol–water partition coefficient (Wildman–Crippen LogP) is 3.54. The van der Waals surface area contributed by atoms with Crippen LogP contribution in [-0.4, -0.2) is 5.91 Å². The van der Waals surface area contributed by atoms with E-state index in [1.54, 1.807) is 18.2 Å². The molecule has 2 aromatic rings. The van der Waals surface area contributed by atoms with E-state index in [0.29, 0.717) is 20.6 Å². The Morgan fingerprint density at radius 1 is 1.35 bits per heavy atom. The van der Waals surface area contributed by atoms with Crippen molar-refractivity contribution < 1.29 is 4.79 Å². The zero-order valence-corrected chi connectivity index (χ0v) is 10.7. The van der Waals surface area contributed by atoms with Gasteiger partial charge in [0, 0.05) is 0 Å². The van der Waals surface area contributed by atoms with E-state index in [1.807, 2.05) is 19.1 Å². The van der Waals surface area contributed by atoms with Crippen LogP contribution in [0.15, 0.2) is 30.3 Å². The lowest BCUT2D eigenvalue weighted by Gasteiger charge is -2.07. The molecule has 0 spiro atoms. The van der Waals surface area contributed by atoms with Gasteiger partial charge in [0.2, 0.25) is 0 Å². The molecule has 0 radical (unpaired) electrons. The Hall–Kier alpha value is -1.52. The van der Waals surface area contributed by atoms with Gasteiger partial charge in [0.25, 0.3) is 5.91 Å². The lowest BCUT2D eigenvalue weighted by atomic mass is 10.2. The fourth-order valence-corrected chi connectivity index (χ4v) is 2.34. The SMILES string of the molecule is Cc1ccc(N)c(NC(=O)c2ccc(Cl)s2)c1. The molecule has 3 N–H and O–H groups in total. The standard InChI is InChI=1S/C12H11ClN2OS/c1-7-2-3-8(14)9(6-7)15-12(16)10-4-5-11(13)17-10/h2-6H,14H2,1H3,(H,15,16). The van der Waals surface area contributed by atoms with Crippen molar-refractivity contribution in [1.29, 1.82) is 0 Å². The monoisotopic (exact) mass is 266 g/mol. The number of benzene rings is 1. The number of nitrogens with one attached hydrogen (secondary N) is 1. The number of nitrogen functional groups attached to an aromatic ring is 1. The highest BCUT2D eigenvalue weighted by atomic mass is 35.5. The fourth-order valence-electron chi connectivity index (χ4n) is 1.40. The Labute approximate surface area is 108 Å². The maximum absolute atomic E-state index is 11.9. The predicted molar refractivity (Wildman–Crippen MR) is 72.9 cm³/mol. The van der Waals surface area contributed by atoms with Gasteiger partial charge in [-0.1, -0.05) is 17.7 Å². The number of hydrogen-bond donors (Lipinski definition) is 2. The quantitative estimate of drug-likeness (QED) is 0.817. The summed E-state index contributed by atoms with van der Waals surface area (Å²) in [6.07, 6.45) is 0. The fraction of sp³-hybridized carbons (Fsp3) is 0.0833. The van der Waals surface area contributed by atoms with Crippen molar-refractivity contribution in [2.45, 2.75) is 6.92 Å². The molecule has 0 saturated heterocycles. The van der Waals surface area contributed by atoms with Gasteiger partial charge in [-0.05, 0) is 36.8 Å². The van der Waals surface area contributed by atoms with Crippen LogP contribution in [0.1, 0.15) is 15.2 Å². The number of anilines is 2. The molecule has 0 aliphatic rings. The van der Waals surface area contributed by atoms with Crippen molar-refractivity contribution in [2.24, 2.45) is 0 Å². The van der Waals surface area contributed by atoms with E-state index in [-0.39, 0.29) is 5.91 Å². The van der Waals surface area contributed by atoms with Crippen LogP contribution in [0.25, 0.3) is 0 Å². The maximum Gasteiger partial charge on any atom is 0.265 e. The van der Waals surface area contributed by atoms with Crippen LogP contribution in [0, 0.1) is 6.92 Å². The zero-order valence-electron chi connectivity index (χ0n) is 9.16. The third kappa shape index (κ3) is 2.78. The Balaban J connectivity index is 2.21. The van der Waals surface area contributed by atoms with Crippen LogP contribution in [0.4, 0.5) is 11.4 Å². The number of carbonyl (C=O) groups is 1. The largest absolute Gasteiger partial charge is 0.397 e. The van der Waals surface area contributed by atoms with E-state index in [4.69, 9.17) is 17.3 Å². The van der Waals surface area contributed by atoms with Gasteiger partial charge in [-0.15, -0.1) is 11.3 Å². The van der Waals surface area contributed by atoms with Crippen LogP contribution in [0.2, 0.25) is 4.34 Å². The molecule has 0 saturated carbocycles. The number of rotatable bonds is 2. The number of aryl methyl sites for hydroxylation is 1. The minimum Gasteiger partial charge on any atom is -0.397 e. The van der Waals surface area contributed by atoms with Crippen LogP contribution in [0.3, 0.4) is 0 Å². The van der Waals surface area contributed by atoms with E-state index >= 15 is 0 Å². The van der Waals surface area contributed by atoms with Gasteiger partial charge in [-0.2, -0.15) is 0 Å². The van der Waals surface area contributed by atoms with E-state index in [9.17, 15) is 4.79 Å². The van der Waals surface area contributed by atoms with Crippen molar-refractivity contribution in [1.82, 2.24) is 0 Å². The van der Waals surface area contributed by atoms with Crippen molar-refractivity contribution in [3.63, 3.8) is 0 Å². The molecule has 0 bridgehead atoms. The van der Waals surface area contributed by atoms with Crippen LogP contribution >= 0.6 is 22.9 Å². The first kappa shape index (κ1) is 12.0. The van der Waals surface area contributed by atoms with Gasteiger partial charge < -0.3 is 11.1 Å². The Kier molecular flexibility index (Phi) is 3.36. The van der Waals surface area contributed by atoms with E-state index in [2.05, 4.69) is 5.32 Å². The molecular weight excluding hydrogens is 256 g/mol. The number of hydrogen-bond acceptors (Lipinski definition) is 3. The summed E-state index contributed by atoms with van der Waals surface area (Å²) < 4.78 is 0.590. The maximum atomic E-state index is 11.9. The summed E-state index contributed by atoms with van der Waals surface area (Å²) in [5.74, 6) is -0.195.